The molecule has 1 aromatic carbocycles. The third-order valence-electron chi connectivity index (χ3n) is 4.31. The van der Waals surface area contributed by atoms with Gasteiger partial charge in [0, 0.05) is 6.54 Å². The molecule has 3 atom stereocenters. The van der Waals surface area contributed by atoms with Crippen LogP contribution >= 0.6 is 0 Å². The van der Waals surface area contributed by atoms with Crippen molar-refractivity contribution in [3.8, 4) is 0 Å². The summed E-state index contributed by atoms with van der Waals surface area (Å²) in [5, 5.41) is 3.41. The molecular formula is C16H23NO2. The lowest BCUT2D eigenvalue weighted by Gasteiger charge is -2.32. The van der Waals surface area contributed by atoms with Gasteiger partial charge in [0.2, 0.25) is 0 Å². The summed E-state index contributed by atoms with van der Waals surface area (Å²) >= 11 is 0. The first-order valence-corrected chi connectivity index (χ1v) is 7.36. The first kappa shape index (κ1) is 13.1. The zero-order valence-electron chi connectivity index (χ0n) is 11.6. The predicted molar refractivity (Wildman–Crippen MR) is 75.2 cm³/mol. The molecular weight excluding hydrogens is 238 g/mol. The molecule has 0 aromatic heterocycles. The van der Waals surface area contributed by atoms with E-state index in [0.717, 1.165) is 26.1 Å². The highest BCUT2D eigenvalue weighted by Crippen LogP contribution is 2.28. The molecule has 0 bridgehead atoms. The fourth-order valence-electron chi connectivity index (χ4n) is 3.01. The highest BCUT2D eigenvalue weighted by Gasteiger charge is 2.25. The van der Waals surface area contributed by atoms with Crippen LogP contribution in [0.3, 0.4) is 0 Å². The van der Waals surface area contributed by atoms with E-state index in [1.807, 2.05) is 0 Å². The lowest BCUT2D eigenvalue weighted by Crippen LogP contribution is -2.41. The van der Waals surface area contributed by atoms with Crippen molar-refractivity contribution in [3.05, 3.63) is 35.4 Å². The maximum Gasteiger partial charge on any atom is 0.106 e. The molecule has 1 N–H and O–H groups in total. The standard InChI is InChI=1S/C16H23NO2/c1-12-6-8-17-10-15(12)19-11-16-14-5-3-2-4-13(14)7-9-18-16/h2-5,12,15-17H,6-11H2,1H3. The Morgan fingerprint density at radius 3 is 3.16 bits per heavy atom. The first-order chi connectivity index (χ1) is 9.34. The molecule has 3 nitrogen and oxygen atoms in total. The van der Waals surface area contributed by atoms with Crippen LogP contribution < -0.4 is 5.32 Å². The lowest BCUT2D eigenvalue weighted by atomic mass is 9.96. The summed E-state index contributed by atoms with van der Waals surface area (Å²) in [5.41, 5.74) is 2.72. The Morgan fingerprint density at radius 1 is 1.37 bits per heavy atom. The molecule has 0 amide bonds. The summed E-state index contributed by atoms with van der Waals surface area (Å²) in [6.07, 6.45) is 2.66. The van der Waals surface area contributed by atoms with Crippen LogP contribution in [-0.4, -0.2) is 32.4 Å². The van der Waals surface area contributed by atoms with Crippen LogP contribution in [0.4, 0.5) is 0 Å². The Kier molecular flexibility index (Phi) is 4.16. The molecule has 0 spiro atoms. The monoisotopic (exact) mass is 261 g/mol. The van der Waals surface area contributed by atoms with Crippen LogP contribution in [0.15, 0.2) is 24.3 Å². The average molecular weight is 261 g/mol. The number of piperidine rings is 1. The molecule has 1 fully saturated rings. The van der Waals surface area contributed by atoms with E-state index in [1.165, 1.54) is 17.5 Å². The fourth-order valence-corrected chi connectivity index (χ4v) is 3.01. The molecule has 0 radical (unpaired) electrons. The average Bonchev–Trinajstić information content (AvgIpc) is 2.46. The molecule has 2 aliphatic rings. The SMILES string of the molecule is CC1CCNCC1OCC1OCCc2ccccc21. The van der Waals surface area contributed by atoms with E-state index < -0.39 is 0 Å². The van der Waals surface area contributed by atoms with Crippen molar-refractivity contribution >= 4 is 0 Å². The maximum atomic E-state index is 6.10. The van der Waals surface area contributed by atoms with Crippen LogP contribution in [-0.2, 0) is 15.9 Å². The predicted octanol–water partition coefficient (Wildman–Crippen LogP) is 2.32. The van der Waals surface area contributed by atoms with Gasteiger partial charge in [-0.1, -0.05) is 31.2 Å². The Morgan fingerprint density at radius 2 is 2.26 bits per heavy atom. The topological polar surface area (TPSA) is 30.5 Å². The summed E-state index contributed by atoms with van der Waals surface area (Å²) in [7, 11) is 0. The van der Waals surface area contributed by atoms with Gasteiger partial charge in [-0.05, 0) is 36.4 Å². The molecule has 19 heavy (non-hydrogen) atoms. The van der Waals surface area contributed by atoms with Crippen molar-refractivity contribution < 1.29 is 9.47 Å². The van der Waals surface area contributed by atoms with Gasteiger partial charge in [-0.2, -0.15) is 0 Å². The Bertz CT molecular complexity index is 421. The van der Waals surface area contributed by atoms with Gasteiger partial charge in [-0.3, -0.25) is 0 Å². The van der Waals surface area contributed by atoms with E-state index in [2.05, 4.69) is 36.5 Å². The molecule has 1 aromatic rings. The second-order valence-corrected chi connectivity index (χ2v) is 5.65. The smallest absolute Gasteiger partial charge is 0.106 e. The summed E-state index contributed by atoms with van der Waals surface area (Å²) in [4.78, 5) is 0. The summed E-state index contributed by atoms with van der Waals surface area (Å²) in [6, 6.07) is 8.57. The number of hydrogen-bond donors (Lipinski definition) is 1. The quantitative estimate of drug-likeness (QED) is 0.905. The number of ether oxygens (including phenoxy) is 2. The highest BCUT2D eigenvalue weighted by molar-refractivity contribution is 5.30. The summed E-state index contributed by atoms with van der Waals surface area (Å²) in [6.45, 7) is 5.84. The normalized spacial score (nSPS) is 30.9. The van der Waals surface area contributed by atoms with E-state index in [0.29, 0.717) is 18.6 Å². The Balaban J connectivity index is 1.61. The van der Waals surface area contributed by atoms with Gasteiger partial charge in [0.25, 0.3) is 0 Å². The van der Waals surface area contributed by atoms with E-state index in [4.69, 9.17) is 9.47 Å². The van der Waals surface area contributed by atoms with Crippen molar-refractivity contribution in [2.45, 2.75) is 32.0 Å². The van der Waals surface area contributed by atoms with E-state index in [-0.39, 0.29) is 6.10 Å². The van der Waals surface area contributed by atoms with Gasteiger partial charge in [0.05, 0.1) is 19.3 Å². The summed E-state index contributed by atoms with van der Waals surface area (Å²) < 4.78 is 12.0. The van der Waals surface area contributed by atoms with E-state index in [1.54, 1.807) is 0 Å². The number of hydrogen-bond acceptors (Lipinski definition) is 3. The van der Waals surface area contributed by atoms with Crippen molar-refractivity contribution in [1.82, 2.24) is 5.32 Å². The van der Waals surface area contributed by atoms with Gasteiger partial charge in [-0.25, -0.2) is 0 Å². The summed E-state index contributed by atoms with van der Waals surface area (Å²) in [5.74, 6) is 0.639. The van der Waals surface area contributed by atoms with Gasteiger partial charge >= 0.3 is 0 Å². The number of benzene rings is 1. The third kappa shape index (κ3) is 2.99. The zero-order valence-corrected chi connectivity index (χ0v) is 11.6. The van der Waals surface area contributed by atoms with Crippen LogP contribution in [0.5, 0.6) is 0 Å². The first-order valence-electron chi connectivity index (χ1n) is 7.36. The molecule has 104 valence electrons. The molecule has 3 unspecified atom stereocenters. The van der Waals surface area contributed by atoms with Gasteiger partial charge in [0.15, 0.2) is 0 Å². The third-order valence-corrected chi connectivity index (χ3v) is 4.31. The minimum atomic E-state index is 0.110. The van der Waals surface area contributed by atoms with Crippen LogP contribution in [0.25, 0.3) is 0 Å². The molecule has 0 saturated carbocycles. The Hall–Kier alpha value is -0.900. The Labute approximate surface area is 115 Å². The van der Waals surface area contributed by atoms with E-state index in [9.17, 15) is 0 Å². The maximum absolute atomic E-state index is 6.10. The van der Waals surface area contributed by atoms with Crippen molar-refractivity contribution in [2.24, 2.45) is 5.92 Å². The number of fused-ring (bicyclic) bond motifs is 1. The fraction of sp³-hybridized carbons (Fsp3) is 0.625. The zero-order chi connectivity index (χ0) is 13.1. The molecule has 0 aliphatic carbocycles. The molecule has 1 saturated heterocycles. The molecule has 2 heterocycles. The van der Waals surface area contributed by atoms with Crippen LogP contribution in [0.2, 0.25) is 0 Å². The van der Waals surface area contributed by atoms with Gasteiger partial charge < -0.3 is 14.8 Å². The lowest BCUT2D eigenvalue weighted by molar-refractivity contribution is -0.0697. The van der Waals surface area contributed by atoms with Crippen molar-refractivity contribution in [2.75, 3.05) is 26.3 Å². The van der Waals surface area contributed by atoms with Crippen LogP contribution in [0, 0.1) is 5.92 Å². The largest absolute Gasteiger partial charge is 0.374 e. The van der Waals surface area contributed by atoms with Crippen LogP contribution in [0.1, 0.15) is 30.6 Å². The van der Waals surface area contributed by atoms with Gasteiger partial charge in [0.1, 0.15) is 6.10 Å². The molecule has 2 aliphatic heterocycles. The van der Waals surface area contributed by atoms with Crippen molar-refractivity contribution in [1.29, 1.82) is 0 Å². The second-order valence-electron chi connectivity index (χ2n) is 5.65. The number of nitrogens with one attached hydrogen (secondary N) is 1. The van der Waals surface area contributed by atoms with Gasteiger partial charge in [-0.15, -0.1) is 0 Å². The number of rotatable bonds is 3. The molecule has 3 heteroatoms. The van der Waals surface area contributed by atoms with E-state index >= 15 is 0 Å². The minimum absolute atomic E-state index is 0.110. The van der Waals surface area contributed by atoms with Crippen molar-refractivity contribution in [3.63, 3.8) is 0 Å². The molecule has 3 rings (SSSR count). The second kappa shape index (κ2) is 6.04. The minimum Gasteiger partial charge on any atom is -0.374 e. The highest BCUT2D eigenvalue weighted by atomic mass is 16.5.